The molecule has 0 bridgehead atoms. The number of amides is 4. The number of methoxy groups -OCH3 is 1. The molecule has 0 radical (unpaired) electrons. The van der Waals surface area contributed by atoms with Gasteiger partial charge < -0.3 is 39.4 Å². The number of nitrogens with one attached hydrogen (secondary N) is 2. The van der Waals surface area contributed by atoms with E-state index in [1.165, 1.54) is 16.9 Å². The molecule has 0 atom stereocenters. The van der Waals surface area contributed by atoms with E-state index in [0.717, 1.165) is 51.0 Å². The van der Waals surface area contributed by atoms with Crippen molar-refractivity contribution in [1.29, 1.82) is 0 Å². The van der Waals surface area contributed by atoms with E-state index in [-0.39, 0.29) is 23.6 Å². The Labute approximate surface area is 299 Å². The Morgan fingerprint density at radius 2 is 1.63 bits per heavy atom. The molecule has 4 amide bonds. The highest BCUT2D eigenvalue weighted by Gasteiger charge is 2.22. The number of aryl methyl sites for hydroxylation is 1. The summed E-state index contributed by atoms with van der Waals surface area (Å²) in [5, 5.41) is 3.51. The zero-order valence-electron chi connectivity index (χ0n) is 30.4. The fraction of sp³-hybridized carbons (Fsp3) is 0.385. The van der Waals surface area contributed by atoms with Crippen molar-refractivity contribution >= 4 is 45.9 Å². The van der Waals surface area contributed by atoms with Gasteiger partial charge in [0.1, 0.15) is 17.2 Å². The first-order valence-electron chi connectivity index (χ1n) is 17.3. The minimum absolute atomic E-state index is 0.199. The van der Waals surface area contributed by atoms with Gasteiger partial charge in [-0.15, -0.1) is 0 Å². The molecule has 0 aliphatic carbocycles. The summed E-state index contributed by atoms with van der Waals surface area (Å²) in [6.07, 6.45) is 3.02. The van der Waals surface area contributed by atoms with E-state index in [1.807, 2.05) is 30.0 Å². The SMILES string of the molecule is COc1cc(C(=O)N(C)c2ccc(C)cc2OCCCCCC(=O)N2CCN(C)CC2)ccc1NC(=O)c1cccc2[nH]c(C(=O)N(C)C)cc12. The maximum absolute atomic E-state index is 13.7. The van der Waals surface area contributed by atoms with Crippen LogP contribution in [0.15, 0.2) is 60.7 Å². The minimum atomic E-state index is -0.388. The van der Waals surface area contributed by atoms with Crippen LogP contribution in [0.2, 0.25) is 0 Å². The Morgan fingerprint density at radius 1 is 0.863 bits per heavy atom. The molecular weight excluding hydrogens is 648 g/mol. The maximum atomic E-state index is 13.7. The van der Waals surface area contributed by atoms with Gasteiger partial charge in [0, 0.05) is 75.8 Å². The average molecular weight is 697 g/mol. The molecule has 51 heavy (non-hydrogen) atoms. The van der Waals surface area contributed by atoms with Crippen LogP contribution in [0.1, 0.15) is 62.5 Å². The van der Waals surface area contributed by atoms with Crippen LogP contribution in [0.4, 0.5) is 11.4 Å². The fourth-order valence-electron chi connectivity index (χ4n) is 6.09. The molecule has 5 rings (SSSR count). The summed E-state index contributed by atoms with van der Waals surface area (Å²) in [7, 11) is 8.58. The maximum Gasteiger partial charge on any atom is 0.269 e. The van der Waals surface area contributed by atoms with Gasteiger partial charge in [0.05, 0.1) is 25.1 Å². The molecule has 2 heterocycles. The number of aromatic nitrogens is 1. The molecule has 12 heteroatoms. The molecule has 0 unspecified atom stereocenters. The fourth-order valence-corrected chi connectivity index (χ4v) is 6.09. The van der Waals surface area contributed by atoms with Gasteiger partial charge in [-0.05, 0) is 87.3 Å². The van der Waals surface area contributed by atoms with Gasteiger partial charge in [0.15, 0.2) is 0 Å². The third-order valence-corrected chi connectivity index (χ3v) is 9.17. The first-order chi connectivity index (χ1) is 24.5. The number of rotatable bonds is 13. The van der Waals surface area contributed by atoms with Crippen LogP contribution in [0.3, 0.4) is 0 Å². The van der Waals surface area contributed by atoms with Gasteiger partial charge in [0.2, 0.25) is 5.91 Å². The Bertz CT molecular complexity index is 1890. The molecule has 1 aliphatic rings. The number of unbranched alkanes of at least 4 members (excludes halogenated alkanes) is 2. The number of piperazine rings is 1. The van der Waals surface area contributed by atoms with Gasteiger partial charge in [-0.25, -0.2) is 0 Å². The first kappa shape index (κ1) is 36.9. The van der Waals surface area contributed by atoms with Gasteiger partial charge >= 0.3 is 0 Å². The molecule has 0 saturated carbocycles. The molecule has 1 fully saturated rings. The predicted octanol–water partition coefficient (Wildman–Crippen LogP) is 5.43. The molecule has 4 aromatic rings. The normalized spacial score (nSPS) is 13.2. The van der Waals surface area contributed by atoms with Crippen molar-refractivity contribution < 1.29 is 28.7 Å². The van der Waals surface area contributed by atoms with Crippen LogP contribution in [-0.4, -0.2) is 111 Å². The largest absolute Gasteiger partial charge is 0.495 e. The number of anilines is 2. The van der Waals surface area contributed by atoms with Crippen molar-refractivity contribution in [3.8, 4) is 11.5 Å². The van der Waals surface area contributed by atoms with E-state index in [0.29, 0.717) is 63.6 Å². The molecule has 1 aromatic heterocycles. The standard InChI is InChI=1S/C39H48N6O6/c1-26-14-17-33(35(23-26)51-22-9-7-8-13-36(46)45-20-18-43(4)19-21-45)44(5)38(48)27-15-16-31(34(24-27)50-6)41-37(47)28-11-10-12-30-29(28)25-32(40-30)39(49)42(2)3/h10-12,14-17,23-25,40H,7-9,13,18-22H2,1-6H3,(H,41,47). The number of likely N-dealkylation sites (N-methyl/N-ethyl adjacent to an activating group) is 1. The van der Waals surface area contributed by atoms with E-state index in [9.17, 15) is 19.2 Å². The number of carbonyl (C=O) groups excluding carboxylic acids is 4. The van der Waals surface area contributed by atoms with Crippen LogP contribution in [0, 0.1) is 6.92 Å². The van der Waals surface area contributed by atoms with Crippen molar-refractivity contribution in [2.45, 2.75) is 32.6 Å². The summed E-state index contributed by atoms with van der Waals surface area (Å²) >= 11 is 0. The lowest BCUT2D eigenvalue weighted by atomic mass is 10.1. The van der Waals surface area contributed by atoms with Crippen molar-refractivity contribution in [2.24, 2.45) is 0 Å². The van der Waals surface area contributed by atoms with Gasteiger partial charge in [-0.3, -0.25) is 19.2 Å². The third kappa shape index (κ3) is 8.87. The summed E-state index contributed by atoms with van der Waals surface area (Å²) in [5.74, 6) is 0.275. The summed E-state index contributed by atoms with van der Waals surface area (Å²) in [5.41, 5.74) is 3.81. The summed E-state index contributed by atoms with van der Waals surface area (Å²) < 4.78 is 11.8. The van der Waals surface area contributed by atoms with Crippen molar-refractivity contribution in [3.63, 3.8) is 0 Å². The van der Waals surface area contributed by atoms with Crippen LogP contribution in [0.5, 0.6) is 11.5 Å². The van der Waals surface area contributed by atoms with Crippen LogP contribution >= 0.6 is 0 Å². The number of nitrogens with zero attached hydrogens (tertiary/aromatic N) is 4. The Kier molecular flexibility index (Phi) is 12.0. The zero-order chi connectivity index (χ0) is 36.7. The molecule has 2 N–H and O–H groups in total. The number of ether oxygens (including phenoxy) is 2. The van der Waals surface area contributed by atoms with Gasteiger partial charge in [0.25, 0.3) is 17.7 Å². The second-order valence-corrected chi connectivity index (χ2v) is 13.2. The van der Waals surface area contributed by atoms with E-state index < -0.39 is 0 Å². The van der Waals surface area contributed by atoms with Crippen molar-refractivity contribution in [2.75, 3.05) is 78.3 Å². The number of aromatic amines is 1. The number of hydrogen-bond acceptors (Lipinski definition) is 7. The smallest absolute Gasteiger partial charge is 0.269 e. The first-order valence-corrected chi connectivity index (χ1v) is 17.3. The molecule has 270 valence electrons. The highest BCUT2D eigenvalue weighted by Crippen LogP contribution is 2.32. The second kappa shape index (κ2) is 16.6. The van der Waals surface area contributed by atoms with Crippen molar-refractivity contribution in [1.82, 2.24) is 19.7 Å². The molecule has 0 spiro atoms. The lowest BCUT2D eigenvalue weighted by Crippen LogP contribution is -2.47. The van der Waals surface area contributed by atoms with Crippen LogP contribution in [-0.2, 0) is 4.79 Å². The van der Waals surface area contributed by atoms with E-state index in [1.54, 1.807) is 63.6 Å². The number of fused-ring (bicyclic) bond motifs is 1. The summed E-state index contributed by atoms with van der Waals surface area (Å²) in [6.45, 7) is 5.87. The van der Waals surface area contributed by atoms with Gasteiger partial charge in [-0.1, -0.05) is 12.1 Å². The minimum Gasteiger partial charge on any atom is -0.495 e. The number of benzene rings is 3. The summed E-state index contributed by atoms with van der Waals surface area (Å²) in [6, 6.07) is 17.5. The Balaban J connectivity index is 1.21. The van der Waals surface area contributed by atoms with Crippen LogP contribution in [0.25, 0.3) is 10.9 Å². The molecule has 1 aliphatic heterocycles. The predicted molar refractivity (Wildman–Crippen MR) is 199 cm³/mol. The third-order valence-electron chi connectivity index (χ3n) is 9.17. The monoisotopic (exact) mass is 696 g/mol. The Morgan fingerprint density at radius 3 is 2.35 bits per heavy atom. The molecule has 1 saturated heterocycles. The average Bonchev–Trinajstić information content (AvgIpc) is 3.57. The number of H-pyrrole nitrogens is 1. The topological polar surface area (TPSA) is 128 Å². The number of carbonyl (C=O) groups is 4. The highest BCUT2D eigenvalue weighted by atomic mass is 16.5. The molecular formula is C39H48N6O6. The van der Waals surface area contributed by atoms with E-state index >= 15 is 0 Å². The quantitative estimate of drug-likeness (QED) is 0.179. The Hall–Kier alpha value is -5.36. The van der Waals surface area contributed by atoms with E-state index in [2.05, 4.69) is 22.2 Å². The van der Waals surface area contributed by atoms with Crippen LogP contribution < -0.4 is 19.7 Å². The van der Waals surface area contributed by atoms with Crippen molar-refractivity contribution in [3.05, 3.63) is 83.0 Å². The molecule has 3 aromatic carbocycles. The number of hydrogen-bond donors (Lipinski definition) is 2. The highest BCUT2D eigenvalue weighted by molar-refractivity contribution is 6.14. The lowest BCUT2D eigenvalue weighted by Gasteiger charge is -2.32. The van der Waals surface area contributed by atoms with E-state index in [4.69, 9.17) is 9.47 Å². The second-order valence-electron chi connectivity index (χ2n) is 13.2. The molecule has 12 nitrogen and oxygen atoms in total. The lowest BCUT2D eigenvalue weighted by molar-refractivity contribution is -0.132. The zero-order valence-corrected chi connectivity index (χ0v) is 30.4. The van der Waals surface area contributed by atoms with Gasteiger partial charge in [-0.2, -0.15) is 0 Å². The summed E-state index contributed by atoms with van der Waals surface area (Å²) in [4.78, 5) is 62.5.